The van der Waals surface area contributed by atoms with Crippen LogP contribution in [-0.4, -0.2) is 76.7 Å². The fraction of sp³-hybridized carbons (Fsp3) is 0.545. The lowest BCUT2D eigenvalue weighted by molar-refractivity contribution is -0.139. The van der Waals surface area contributed by atoms with Crippen LogP contribution in [0.2, 0.25) is 5.02 Å². The lowest BCUT2D eigenvalue weighted by Crippen LogP contribution is -2.54. The Morgan fingerprint density at radius 1 is 1.12 bits per heavy atom. The summed E-state index contributed by atoms with van der Waals surface area (Å²) in [5.41, 5.74) is 0.675. The molecule has 1 N–H and O–H groups in total. The van der Waals surface area contributed by atoms with Gasteiger partial charge in [-0.15, -0.1) is 0 Å². The molecule has 3 aliphatic heterocycles. The Hall–Kier alpha value is -2.88. The van der Waals surface area contributed by atoms with Crippen molar-refractivity contribution in [2.45, 2.75) is 82.1 Å². The van der Waals surface area contributed by atoms with Crippen LogP contribution in [0.3, 0.4) is 0 Å². The van der Waals surface area contributed by atoms with E-state index in [1.807, 2.05) is 41.1 Å². The zero-order valence-corrected chi connectivity index (χ0v) is 25.5. The zero-order valence-electron chi connectivity index (χ0n) is 24.7. The first-order valence-electron chi connectivity index (χ1n) is 15.5. The molecule has 0 aromatic heterocycles. The number of nitrogens with one attached hydrogen (secondary N) is 1. The Bertz CT molecular complexity index is 1390. The highest BCUT2D eigenvalue weighted by atomic mass is 35.5. The van der Waals surface area contributed by atoms with Crippen LogP contribution in [0, 0.1) is 17.6 Å². The Morgan fingerprint density at radius 3 is 2.60 bits per heavy atom. The quantitative estimate of drug-likeness (QED) is 0.470. The average Bonchev–Trinajstić information content (AvgIpc) is 3.56. The van der Waals surface area contributed by atoms with Crippen LogP contribution in [0.4, 0.5) is 8.78 Å². The minimum Gasteiger partial charge on any atom is -0.341 e. The summed E-state index contributed by atoms with van der Waals surface area (Å²) in [5.74, 6) is 0.0659. The lowest BCUT2D eigenvalue weighted by Gasteiger charge is -2.38. The van der Waals surface area contributed by atoms with Gasteiger partial charge in [0.2, 0.25) is 5.91 Å². The standard InChI is InChI=1S/C33H40ClF2N5O2/c1-39(20-24-10-11-26(35)17-28(24)36)27-18-29(41(21-27)19-22-6-5-9-25(34)16-22)31(42)40-14-12-33(13-15-40)32(43)37-30(38-33)23-7-3-2-4-8-23/h5-6,9-11,16-17,23,27,29H,2-4,7-8,12-15,18-21H2,1H3,(H,37,38,43)/t27-,29-/m0/s1. The number of nitrogens with zero attached hydrogens (tertiary/aromatic N) is 4. The molecule has 0 unspecified atom stereocenters. The third-order valence-electron chi connectivity index (χ3n) is 9.89. The molecular weight excluding hydrogens is 572 g/mol. The number of piperidine rings is 1. The molecule has 2 atom stereocenters. The van der Waals surface area contributed by atoms with E-state index in [4.69, 9.17) is 16.6 Å². The van der Waals surface area contributed by atoms with Crippen molar-refractivity contribution in [1.82, 2.24) is 20.0 Å². The van der Waals surface area contributed by atoms with Crippen molar-refractivity contribution in [3.8, 4) is 0 Å². The predicted molar refractivity (Wildman–Crippen MR) is 163 cm³/mol. The molecule has 2 amide bonds. The van der Waals surface area contributed by atoms with Crippen molar-refractivity contribution in [1.29, 1.82) is 0 Å². The Morgan fingerprint density at radius 2 is 1.88 bits per heavy atom. The van der Waals surface area contributed by atoms with Crippen LogP contribution < -0.4 is 5.32 Å². The molecule has 1 saturated carbocycles. The molecule has 10 heteroatoms. The summed E-state index contributed by atoms with van der Waals surface area (Å²) in [5, 5.41) is 3.75. The molecular formula is C33H40ClF2N5O2. The second-order valence-electron chi connectivity index (χ2n) is 12.8. The molecule has 3 heterocycles. The first-order valence-corrected chi connectivity index (χ1v) is 15.9. The Labute approximate surface area is 257 Å². The van der Waals surface area contributed by atoms with Gasteiger partial charge in [0.05, 0.1) is 6.04 Å². The monoisotopic (exact) mass is 611 g/mol. The summed E-state index contributed by atoms with van der Waals surface area (Å²) in [4.78, 5) is 38.3. The Kier molecular flexibility index (Phi) is 8.85. The second-order valence-corrected chi connectivity index (χ2v) is 13.2. The lowest BCUT2D eigenvalue weighted by atomic mass is 9.87. The molecule has 230 valence electrons. The van der Waals surface area contributed by atoms with Gasteiger partial charge in [0.1, 0.15) is 23.0 Å². The van der Waals surface area contributed by atoms with Gasteiger partial charge in [0, 0.05) is 61.3 Å². The molecule has 7 nitrogen and oxygen atoms in total. The third kappa shape index (κ3) is 6.49. The van der Waals surface area contributed by atoms with Crippen molar-refractivity contribution in [2.75, 3.05) is 26.7 Å². The highest BCUT2D eigenvalue weighted by Crippen LogP contribution is 2.35. The maximum absolute atomic E-state index is 14.4. The van der Waals surface area contributed by atoms with Gasteiger partial charge >= 0.3 is 0 Å². The highest BCUT2D eigenvalue weighted by Gasteiger charge is 2.49. The van der Waals surface area contributed by atoms with Crippen LogP contribution in [0.25, 0.3) is 0 Å². The van der Waals surface area contributed by atoms with E-state index >= 15 is 0 Å². The molecule has 2 aromatic rings. The maximum Gasteiger partial charge on any atom is 0.253 e. The van der Waals surface area contributed by atoms with E-state index in [1.54, 1.807) is 0 Å². The van der Waals surface area contributed by atoms with Crippen LogP contribution in [-0.2, 0) is 22.7 Å². The van der Waals surface area contributed by atoms with Gasteiger partial charge in [-0.1, -0.05) is 49.1 Å². The number of benzene rings is 2. The number of hydrogen-bond donors (Lipinski definition) is 1. The minimum atomic E-state index is -0.762. The normalized spacial score (nSPS) is 24.5. The fourth-order valence-electron chi connectivity index (χ4n) is 7.31. The highest BCUT2D eigenvalue weighted by molar-refractivity contribution is 6.30. The summed E-state index contributed by atoms with van der Waals surface area (Å²) in [6.07, 6.45) is 7.39. The van der Waals surface area contributed by atoms with E-state index in [0.29, 0.717) is 68.5 Å². The van der Waals surface area contributed by atoms with Gasteiger partial charge < -0.3 is 10.2 Å². The SMILES string of the molecule is CN(Cc1ccc(F)cc1F)[C@H]1C[C@@H](C(=O)N2CCC3(CC2)N=C(C2CCCCC2)NC3=O)N(Cc2cccc(Cl)c2)C1. The van der Waals surface area contributed by atoms with Gasteiger partial charge in [0.15, 0.2) is 0 Å². The number of aliphatic imine (C=N–C) groups is 1. The van der Waals surface area contributed by atoms with Gasteiger partial charge in [-0.2, -0.15) is 0 Å². The number of carbonyl (C=O) groups excluding carboxylic acids is 2. The van der Waals surface area contributed by atoms with Crippen molar-refractivity contribution in [3.63, 3.8) is 0 Å². The fourth-order valence-corrected chi connectivity index (χ4v) is 7.52. The Balaban J connectivity index is 1.15. The van der Waals surface area contributed by atoms with E-state index < -0.39 is 17.2 Å². The smallest absolute Gasteiger partial charge is 0.253 e. The van der Waals surface area contributed by atoms with Crippen molar-refractivity contribution < 1.29 is 18.4 Å². The number of carbonyl (C=O) groups is 2. The maximum atomic E-state index is 14.4. The van der Waals surface area contributed by atoms with Crippen molar-refractivity contribution in [2.24, 2.45) is 10.9 Å². The van der Waals surface area contributed by atoms with E-state index in [2.05, 4.69) is 10.2 Å². The van der Waals surface area contributed by atoms with E-state index in [-0.39, 0.29) is 23.9 Å². The van der Waals surface area contributed by atoms with E-state index in [9.17, 15) is 18.4 Å². The molecule has 2 saturated heterocycles. The number of rotatable bonds is 7. The van der Waals surface area contributed by atoms with Gasteiger partial charge in [-0.25, -0.2) is 8.78 Å². The van der Waals surface area contributed by atoms with Gasteiger partial charge in [0.25, 0.3) is 5.91 Å². The van der Waals surface area contributed by atoms with Crippen molar-refractivity contribution in [3.05, 3.63) is 70.2 Å². The van der Waals surface area contributed by atoms with Crippen LogP contribution in [0.15, 0.2) is 47.5 Å². The zero-order chi connectivity index (χ0) is 30.1. The number of likely N-dealkylation sites (tertiary alicyclic amines) is 2. The topological polar surface area (TPSA) is 68.2 Å². The number of likely N-dealkylation sites (N-methyl/N-ethyl adjacent to an activating group) is 1. The summed E-state index contributed by atoms with van der Waals surface area (Å²) in [7, 11) is 1.92. The molecule has 1 spiro atoms. The van der Waals surface area contributed by atoms with Crippen LogP contribution >= 0.6 is 11.6 Å². The van der Waals surface area contributed by atoms with Crippen LogP contribution in [0.1, 0.15) is 62.5 Å². The summed E-state index contributed by atoms with van der Waals surface area (Å²) < 4.78 is 27.9. The molecule has 0 bridgehead atoms. The molecule has 2 aromatic carbocycles. The van der Waals surface area contributed by atoms with Gasteiger partial charge in [-0.3, -0.25) is 24.4 Å². The number of amides is 2. The van der Waals surface area contributed by atoms with E-state index in [1.165, 1.54) is 31.4 Å². The average molecular weight is 612 g/mol. The van der Waals surface area contributed by atoms with E-state index in [0.717, 1.165) is 30.3 Å². The second kappa shape index (κ2) is 12.6. The molecule has 43 heavy (non-hydrogen) atoms. The van der Waals surface area contributed by atoms with Gasteiger partial charge in [-0.05, 0) is 62.9 Å². The first kappa shape index (κ1) is 30.2. The summed E-state index contributed by atoms with van der Waals surface area (Å²) in [6, 6.07) is 11.0. The number of amidine groups is 1. The molecule has 1 aliphatic carbocycles. The first-order chi connectivity index (χ1) is 20.7. The number of halogens is 3. The number of hydrogen-bond acceptors (Lipinski definition) is 5. The molecule has 6 rings (SSSR count). The summed E-state index contributed by atoms with van der Waals surface area (Å²) in [6.45, 7) is 2.46. The summed E-state index contributed by atoms with van der Waals surface area (Å²) >= 11 is 6.27. The minimum absolute atomic E-state index is 0.00280. The predicted octanol–water partition coefficient (Wildman–Crippen LogP) is 5.16. The largest absolute Gasteiger partial charge is 0.341 e. The molecule has 0 radical (unpaired) electrons. The molecule has 4 aliphatic rings. The third-order valence-corrected chi connectivity index (χ3v) is 10.1. The van der Waals surface area contributed by atoms with Crippen molar-refractivity contribution >= 4 is 29.3 Å². The van der Waals surface area contributed by atoms with Crippen LogP contribution in [0.5, 0.6) is 0 Å². The molecule has 3 fully saturated rings.